The van der Waals surface area contributed by atoms with E-state index in [1.165, 1.54) is 11.1 Å². The summed E-state index contributed by atoms with van der Waals surface area (Å²) >= 11 is 0. The molecule has 1 aromatic rings. The highest BCUT2D eigenvalue weighted by molar-refractivity contribution is 5.48. The van der Waals surface area contributed by atoms with Crippen LogP contribution >= 0.6 is 0 Å². The summed E-state index contributed by atoms with van der Waals surface area (Å²) in [4.78, 5) is 9.56. The number of pyridine rings is 1. The molecule has 2 heterocycles. The second kappa shape index (κ2) is 6.10. The van der Waals surface area contributed by atoms with Crippen molar-refractivity contribution in [3.05, 3.63) is 23.4 Å². The third-order valence-electron chi connectivity index (χ3n) is 4.30. The molecule has 0 aromatic carbocycles. The van der Waals surface area contributed by atoms with Crippen LogP contribution in [0.4, 0.5) is 5.82 Å². The second-order valence-electron chi connectivity index (χ2n) is 6.42. The van der Waals surface area contributed by atoms with E-state index in [1.54, 1.807) is 0 Å². The quantitative estimate of drug-likeness (QED) is 0.912. The molecule has 1 saturated heterocycles. The van der Waals surface area contributed by atoms with Crippen LogP contribution in [-0.2, 0) is 6.54 Å². The van der Waals surface area contributed by atoms with Gasteiger partial charge in [0, 0.05) is 37.9 Å². The van der Waals surface area contributed by atoms with Gasteiger partial charge in [-0.05, 0) is 51.6 Å². The van der Waals surface area contributed by atoms with Gasteiger partial charge in [0.1, 0.15) is 5.82 Å². The topological polar surface area (TPSA) is 31.4 Å². The van der Waals surface area contributed by atoms with E-state index in [0.717, 1.165) is 38.5 Å². The van der Waals surface area contributed by atoms with Crippen LogP contribution in [0.2, 0.25) is 0 Å². The van der Waals surface area contributed by atoms with Crippen molar-refractivity contribution >= 4 is 5.82 Å². The van der Waals surface area contributed by atoms with Crippen LogP contribution in [0, 0.1) is 6.92 Å². The predicted molar refractivity (Wildman–Crippen MR) is 85.3 cm³/mol. The molecule has 0 spiro atoms. The lowest BCUT2D eigenvalue weighted by Gasteiger charge is -2.46. The van der Waals surface area contributed by atoms with Gasteiger partial charge in [-0.2, -0.15) is 0 Å². The maximum atomic E-state index is 4.71. The average Bonchev–Trinajstić information content (AvgIpc) is 2.40. The number of nitrogens with one attached hydrogen (secondary N) is 1. The fraction of sp³-hybridized carbons (Fsp3) is 0.688. The summed E-state index contributed by atoms with van der Waals surface area (Å²) in [7, 11) is 2.21. The summed E-state index contributed by atoms with van der Waals surface area (Å²) in [5, 5.41) is 3.35. The lowest BCUT2D eigenvalue weighted by molar-refractivity contribution is 0.138. The molecule has 1 aromatic heterocycles. The number of aryl methyl sites for hydroxylation is 1. The normalized spacial score (nSPS) is 19.4. The van der Waals surface area contributed by atoms with Crippen LogP contribution < -0.4 is 10.2 Å². The third kappa shape index (κ3) is 3.30. The minimum Gasteiger partial charge on any atom is -0.353 e. The first-order chi connectivity index (χ1) is 9.44. The van der Waals surface area contributed by atoms with Crippen molar-refractivity contribution in [1.82, 2.24) is 15.2 Å². The number of anilines is 1. The molecule has 0 aliphatic carbocycles. The van der Waals surface area contributed by atoms with E-state index in [9.17, 15) is 0 Å². The largest absolute Gasteiger partial charge is 0.353 e. The molecule has 1 fully saturated rings. The maximum absolute atomic E-state index is 4.71. The number of hydrogen-bond acceptors (Lipinski definition) is 4. The summed E-state index contributed by atoms with van der Waals surface area (Å²) in [6.07, 6.45) is 2.01. The number of piperazine rings is 1. The summed E-state index contributed by atoms with van der Waals surface area (Å²) < 4.78 is 0. The molecule has 0 unspecified atom stereocenters. The van der Waals surface area contributed by atoms with Crippen LogP contribution in [0.5, 0.6) is 0 Å². The van der Waals surface area contributed by atoms with E-state index < -0.39 is 0 Å². The summed E-state index contributed by atoms with van der Waals surface area (Å²) in [6.45, 7) is 14.0. The van der Waals surface area contributed by atoms with Crippen LogP contribution in [0.15, 0.2) is 12.3 Å². The highest BCUT2D eigenvalue weighted by Crippen LogP contribution is 2.25. The first kappa shape index (κ1) is 15.3. The highest BCUT2D eigenvalue weighted by atomic mass is 15.3. The summed E-state index contributed by atoms with van der Waals surface area (Å²) in [5.41, 5.74) is 2.75. The molecule has 0 atom stereocenters. The van der Waals surface area contributed by atoms with Crippen molar-refractivity contribution in [2.24, 2.45) is 0 Å². The van der Waals surface area contributed by atoms with Crippen LogP contribution in [0.25, 0.3) is 0 Å². The van der Waals surface area contributed by atoms with Gasteiger partial charge in [-0.1, -0.05) is 6.92 Å². The van der Waals surface area contributed by atoms with Crippen molar-refractivity contribution in [3.63, 3.8) is 0 Å². The van der Waals surface area contributed by atoms with E-state index in [2.05, 4.69) is 55.9 Å². The molecule has 1 aliphatic heterocycles. The number of rotatable bonds is 4. The van der Waals surface area contributed by atoms with Gasteiger partial charge in [0.05, 0.1) is 0 Å². The molecule has 4 nitrogen and oxygen atoms in total. The van der Waals surface area contributed by atoms with Crippen LogP contribution in [0.1, 0.15) is 31.9 Å². The minimum absolute atomic E-state index is 0.203. The van der Waals surface area contributed by atoms with Gasteiger partial charge in [0.25, 0.3) is 0 Å². The third-order valence-corrected chi connectivity index (χ3v) is 4.30. The van der Waals surface area contributed by atoms with E-state index in [4.69, 9.17) is 4.98 Å². The van der Waals surface area contributed by atoms with Gasteiger partial charge >= 0.3 is 0 Å². The lowest BCUT2D eigenvalue weighted by Crippen LogP contribution is -2.58. The van der Waals surface area contributed by atoms with E-state index in [1.807, 2.05) is 6.20 Å². The van der Waals surface area contributed by atoms with Gasteiger partial charge in [-0.3, -0.25) is 4.90 Å². The number of likely N-dealkylation sites (N-methyl/N-ethyl adjacent to an activating group) is 1. The first-order valence-electron chi connectivity index (χ1n) is 7.56. The molecule has 1 aliphatic rings. The Hall–Kier alpha value is -1.13. The zero-order valence-corrected chi connectivity index (χ0v) is 13.5. The van der Waals surface area contributed by atoms with Crippen LogP contribution in [-0.4, -0.2) is 48.6 Å². The molecule has 112 valence electrons. The smallest absolute Gasteiger partial charge is 0.131 e. The van der Waals surface area contributed by atoms with E-state index in [-0.39, 0.29) is 5.54 Å². The summed E-state index contributed by atoms with van der Waals surface area (Å²) in [6, 6.07) is 2.26. The Morgan fingerprint density at radius 3 is 2.70 bits per heavy atom. The zero-order chi connectivity index (χ0) is 14.8. The fourth-order valence-corrected chi connectivity index (χ4v) is 2.74. The standard InChI is InChI=1S/C16H28N4/c1-6-17-10-14-9-13(2)15(18-11-14)20-8-7-19(5)16(3,4)12-20/h9,11,17H,6-8,10,12H2,1-5H3. The zero-order valence-electron chi connectivity index (χ0n) is 13.5. The molecule has 2 rings (SSSR count). The fourth-order valence-electron chi connectivity index (χ4n) is 2.74. The Labute approximate surface area is 123 Å². The van der Waals surface area contributed by atoms with Gasteiger partial charge in [-0.15, -0.1) is 0 Å². The summed E-state index contributed by atoms with van der Waals surface area (Å²) in [5.74, 6) is 1.14. The molecule has 0 radical (unpaired) electrons. The Kier molecular flexibility index (Phi) is 4.66. The molecule has 1 N–H and O–H groups in total. The van der Waals surface area contributed by atoms with Crippen molar-refractivity contribution in [1.29, 1.82) is 0 Å². The molecule has 20 heavy (non-hydrogen) atoms. The van der Waals surface area contributed by atoms with Crippen molar-refractivity contribution in [2.75, 3.05) is 38.1 Å². The minimum atomic E-state index is 0.203. The average molecular weight is 276 g/mol. The highest BCUT2D eigenvalue weighted by Gasteiger charge is 2.31. The monoisotopic (exact) mass is 276 g/mol. The van der Waals surface area contributed by atoms with Gasteiger partial charge in [0.15, 0.2) is 0 Å². The predicted octanol–water partition coefficient (Wildman–Crippen LogP) is 2.03. The van der Waals surface area contributed by atoms with E-state index >= 15 is 0 Å². The molecule has 4 heteroatoms. The lowest BCUT2D eigenvalue weighted by atomic mass is 9.99. The molecule has 0 bridgehead atoms. The Morgan fingerprint density at radius 2 is 2.10 bits per heavy atom. The van der Waals surface area contributed by atoms with Crippen molar-refractivity contribution in [2.45, 2.75) is 39.8 Å². The maximum Gasteiger partial charge on any atom is 0.131 e. The first-order valence-corrected chi connectivity index (χ1v) is 7.56. The Balaban J connectivity index is 2.13. The van der Waals surface area contributed by atoms with E-state index in [0.29, 0.717) is 0 Å². The molecular weight excluding hydrogens is 248 g/mol. The number of hydrogen-bond donors (Lipinski definition) is 1. The molecule has 0 saturated carbocycles. The molecular formula is C16H28N4. The van der Waals surface area contributed by atoms with Crippen molar-refractivity contribution in [3.8, 4) is 0 Å². The number of aromatic nitrogens is 1. The Bertz CT molecular complexity index is 456. The molecule has 0 amide bonds. The van der Waals surface area contributed by atoms with Crippen molar-refractivity contribution < 1.29 is 0 Å². The van der Waals surface area contributed by atoms with Gasteiger partial charge < -0.3 is 10.2 Å². The van der Waals surface area contributed by atoms with Gasteiger partial charge in [-0.25, -0.2) is 4.98 Å². The Morgan fingerprint density at radius 1 is 1.35 bits per heavy atom. The van der Waals surface area contributed by atoms with Crippen LogP contribution in [0.3, 0.4) is 0 Å². The number of nitrogens with zero attached hydrogens (tertiary/aromatic N) is 3. The SMILES string of the molecule is CCNCc1cnc(N2CCN(C)C(C)(C)C2)c(C)c1. The van der Waals surface area contributed by atoms with Gasteiger partial charge in [0.2, 0.25) is 0 Å². The second-order valence-corrected chi connectivity index (χ2v) is 6.42.